The normalized spacial score (nSPS) is 10.0. The van der Waals surface area contributed by atoms with Gasteiger partial charge in [0.05, 0.1) is 5.02 Å². The third-order valence-electron chi connectivity index (χ3n) is 1.44. The summed E-state index contributed by atoms with van der Waals surface area (Å²) in [5, 5.41) is 13.4. The van der Waals surface area contributed by atoms with E-state index in [1.165, 1.54) is 11.3 Å². The Hall–Kier alpha value is -0.580. The Bertz CT molecular complexity index is 287. The summed E-state index contributed by atoms with van der Waals surface area (Å²) >= 11 is 7.06. The molecule has 0 aliphatic heterocycles. The van der Waals surface area contributed by atoms with Crippen LogP contribution in [-0.4, -0.2) is 24.2 Å². The van der Waals surface area contributed by atoms with Gasteiger partial charge in [0, 0.05) is 13.2 Å². The van der Waals surface area contributed by atoms with Gasteiger partial charge in [-0.05, 0) is 17.9 Å². The van der Waals surface area contributed by atoms with E-state index in [1.807, 2.05) is 0 Å². The Labute approximate surface area is 85.3 Å². The van der Waals surface area contributed by atoms with Crippen LogP contribution < -0.4 is 5.32 Å². The van der Waals surface area contributed by atoms with E-state index in [1.54, 1.807) is 11.4 Å². The maximum atomic E-state index is 11.3. The molecule has 1 amide bonds. The number of carbonyl (C=O) groups is 1. The fraction of sp³-hybridized carbons (Fsp3) is 0.375. The fourth-order valence-electron chi connectivity index (χ4n) is 0.817. The molecule has 0 saturated carbocycles. The summed E-state index contributed by atoms with van der Waals surface area (Å²) in [5.74, 6) is -0.173. The van der Waals surface area contributed by atoms with Crippen molar-refractivity contribution in [3.63, 3.8) is 0 Å². The molecule has 1 rings (SSSR count). The van der Waals surface area contributed by atoms with Gasteiger partial charge in [-0.1, -0.05) is 11.6 Å². The average Bonchev–Trinajstić information content (AvgIpc) is 2.52. The summed E-state index contributed by atoms with van der Waals surface area (Å²) in [4.78, 5) is 11.9. The molecule has 0 aliphatic rings. The molecule has 0 radical (unpaired) electrons. The third kappa shape index (κ3) is 2.99. The lowest BCUT2D eigenvalue weighted by Gasteiger charge is -2.01. The summed E-state index contributed by atoms with van der Waals surface area (Å²) in [6.45, 7) is 0.558. The van der Waals surface area contributed by atoms with Crippen molar-refractivity contribution < 1.29 is 9.90 Å². The van der Waals surface area contributed by atoms with Gasteiger partial charge in [0.1, 0.15) is 4.88 Å². The molecular weight excluding hydrogens is 210 g/mol. The van der Waals surface area contributed by atoms with E-state index >= 15 is 0 Å². The second-order valence-corrected chi connectivity index (χ2v) is 3.75. The minimum Gasteiger partial charge on any atom is -0.396 e. The maximum Gasteiger partial charge on any atom is 0.262 e. The Balaban J connectivity index is 2.45. The lowest BCUT2D eigenvalue weighted by molar-refractivity contribution is 0.0955. The van der Waals surface area contributed by atoms with Crippen molar-refractivity contribution in [2.24, 2.45) is 0 Å². The molecule has 5 heteroatoms. The number of rotatable bonds is 4. The van der Waals surface area contributed by atoms with E-state index in [9.17, 15) is 4.79 Å². The van der Waals surface area contributed by atoms with Crippen LogP contribution in [0.5, 0.6) is 0 Å². The zero-order chi connectivity index (χ0) is 9.68. The first-order chi connectivity index (χ1) is 6.25. The molecule has 1 heterocycles. The van der Waals surface area contributed by atoms with Crippen molar-refractivity contribution in [1.82, 2.24) is 5.32 Å². The number of amides is 1. The van der Waals surface area contributed by atoms with Crippen molar-refractivity contribution in [3.8, 4) is 0 Å². The lowest BCUT2D eigenvalue weighted by Crippen LogP contribution is -2.24. The van der Waals surface area contributed by atoms with Gasteiger partial charge in [-0.15, -0.1) is 11.3 Å². The number of aliphatic hydroxyl groups is 1. The van der Waals surface area contributed by atoms with Crippen molar-refractivity contribution in [2.45, 2.75) is 6.42 Å². The Morgan fingerprint density at radius 3 is 3.00 bits per heavy atom. The van der Waals surface area contributed by atoms with Crippen LogP contribution in [0.15, 0.2) is 11.4 Å². The minimum absolute atomic E-state index is 0.0818. The topological polar surface area (TPSA) is 49.3 Å². The monoisotopic (exact) mass is 219 g/mol. The van der Waals surface area contributed by atoms with Crippen LogP contribution in [0.25, 0.3) is 0 Å². The smallest absolute Gasteiger partial charge is 0.262 e. The lowest BCUT2D eigenvalue weighted by atomic mass is 10.4. The van der Waals surface area contributed by atoms with Gasteiger partial charge < -0.3 is 10.4 Å². The molecule has 0 unspecified atom stereocenters. The zero-order valence-corrected chi connectivity index (χ0v) is 8.49. The molecule has 0 atom stereocenters. The molecule has 72 valence electrons. The first kappa shape index (κ1) is 10.5. The van der Waals surface area contributed by atoms with Crippen LogP contribution in [0.1, 0.15) is 16.1 Å². The van der Waals surface area contributed by atoms with Crippen LogP contribution in [0.2, 0.25) is 5.02 Å². The van der Waals surface area contributed by atoms with E-state index in [-0.39, 0.29) is 12.5 Å². The number of carbonyl (C=O) groups excluding carboxylic acids is 1. The van der Waals surface area contributed by atoms with E-state index in [4.69, 9.17) is 16.7 Å². The summed E-state index contributed by atoms with van der Waals surface area (Å²) in [7, 11) is 0. The van der Waals surface area contributed by atoms with Crippen LogP contribution in [0.3, 0.4) is 0 Å². The van der Waals surface area contributed by atoms with Crippen molar-refractivity contribution in [2.75, 3.05) is 13.2 Å². The van der Waals surface area contributed by atoms with Crippen LogP contribution in [-0.2, 0) is 0 Å². The van der Waals surface area contributed by atoms with E-state index in [0.29, 0.717) is 22.9 Å². The average molecular weight is 220 g/mol. The highest BCUT2D eigenvalue weighted by Crippen LogP contribution is 2.21. The minimum atomic E-state index is -0.173. The highest BCUT2D eigenvalue weighted by atomic mass is 35.5. The van der Waals surface area contributed by atoms with Gasteiger partial charge in [0.15, 0.2) is 0 Å². The van der Waals surface area contributed by atoms with Crippen LogP contribution in [0, 0.1) is 0 Å². The quantitative estimate of drug-likeness (QED) is 0.755. The van der Waals surface area contributed by atoms with Gasteiger partial charge in [-0.3, -0.25) is 4.79 Å². The van der Waals surface area contributed by atoms with E-state index in [2.05, 4.69) is 5.32 Å². The van der Waals surface area contributed by atoms with Crippen molar-refractivity contribution in [1.29, 1.82) is 0 Å². The molecule has 13 heavy (non-hydrogen) atoms. The molecular formula is C8H10ClNO2S. The fourth-order valence-corrected chi connectivity index (χ4v) is 1.87. The second kappa shape index (κ2) is 5.21. The molecule has 3 nitrogen and oxygen atoms in total. The highest BCUT2D eigenvalue weighted by Gasteiger charge is 2.10. The molecule has 0 saturated heterocycles. The number of hydrogen-bond donors (Lipinski definition) is 2. The summed E-state index contributed by atoms with van der Waals surface area (Å²) in [6.07, 6.45) is 0.564. The molecule has 2 N–H and O–H groups in total. The van der Waals surface area contributed by atoms with Gasteiger partial charge in [0.2, 0.25) is 0 Å². The maximum absolute atomic E-state index is 11.3. The summed E-state index contributed by atoms with van der Waals surface area (Å²) < 4.78 is 0. The van der Waals surface area contributed by atoms with E-state index in [0.717, 1.165) is 0 Å². The Kier molecular flexibility index (Phi) is 4.21. The van der Waals surface area contributed by atoms with Gasteiger partial charge in [-0.2, -0.15) is 0 Å². The van der Waals surface area contributed by atoms with Gasteiger partial charge in [0.25, 0.3) is 5.91 Å². The predicted molar refractivity (Wildman–Crippen MR) is 53.4 cm³/mol. The molecule has 0 aromatic carbocycles. The predicted octanol–water partition coefficient (Wildman–Crippen LogP) is 1.51. The summed E-state index contributed by atoms with van der Waals surface area (Å²) in [5.41, 5.74) is 0. The molecule has 1 aromatic rings. The Morgan fingerprint density at radius 1 is 1.69 bits per heavy atom. The number of nitrogens with one attached hydrogen (secondary N) is 1. The van der Waals surface area contributed by atoms with Crippen molar-refractivity contribution in [3.05, 3.63) is 21.3 Å². The standard InChI is InChI=1S/C8H10ClNO2S/c9-6-2-5-13-7(6)8(12)10-3-1-4-11/h2,5,11H,1,3-4H2,(H,10,12). The highest BCUT2D eigenvalue weighted by molar-refractivity contribution is 7.12. The van der Waals surface area contributed by atoms with Crippen LogP contribution in [0.4, 0.5) is 0 Å². The number of hydrogen-bond acceptors (Lipinski definition) is 3. The first-order valence-corrected chi connectivity index (χ1v) is 5.13. The van der Waals surface area contributed by atoms with Gasteiger partial charge >= 0.3 is 0 Å². The zero-order valence-electron chi connectivity index (χ0n) is 6.92. The number of halogens is 1. The molecule has 0 aliphatic carbocycles. The molecule has 0 spiro atoms. The number of thiophene rings is 1. The largest absolute Gasteiger partial charge is 0.396 e. The molecule has 0 fully saturated rings. The SMILES string of the molecule is O=C(NCCCO)c1sccc1Cl. The van der Waals surface area contributed by atoms with Crippen LogP contribution >= 0.6 is 22.9 Å². The second-order valence-electron chi connectivity index (χ2n) is 2.43. The van der Waals surface area contributed by atoms with E-state index < -0.39 is 0 Å². The number of aliphatic hydroxyl groups excluding tert-OH is 1. The third-order valence-corrected chi connectivity index (χ3v) is 2.78. The van der Waals surface area contributed by atoms with Gasteiger partial charge in [-0.25, -0.2) is 0 Å². The molecule has 0 bridgehead atoms. The van der Waals surface area contributed by atoms with Crippen molar-refractivity contribution >= 4 is 28.8 Å². The molecule has 1 aromatic heterocycles. The first-order valence-electron chi connectivity index (χ1n) is 3.87. The summed E-state index contributed by atoms with van der Waals surface area (Å²) in [6, 6.07) is 1.69. The Morgan fingerprint density at radius 2 is 2.46 bits per heavy atom.